The van der Waals surface area contributed by atoms with Crippen molar-refractivity contribution in [3.05, 3.63) is 17.7 Å². The van der Waals surface area contributed by atoms with Gasteiger partial charge in [-0.25, -0.2) is 13.8 Å². The highest BCUT2D eigenvalue weighted by molar-refractivity contribution is 5.48. The molecule has 1 aromatic rings. The lowest BCUT2D eigenvalue weighted by molar-refractivity contribution is -0.0796. The minimum absolute atomic E-state index is 0.0318. The van der Waals surface area contributed by atoms with Crippen LogP contribution in [-0.4, -0.2) is 31.3 Å². The van der Waals surface area contributed by atoms with E-state index >= 15 is 0 Å². The van der Waals surface area contributed by atoms with Gasteiger partial charge in [0.05, 0.1) is 6.10 Å². The molecular formula is C13H19F2N3O. The fourth-order valence-corrected chi connectivity index (χ4v) is 2.44. The topological polar surface area (TPSA) is 46.2 Å². The van der Waals surface area contributed by atoms with Gasteiger partial charge in [0.2, 0.25) is 0 Å². The Hall–Kier alpha value is -1.43. The van der Waals surface area contributed by atoms with E-state index in [9.17, 15) is 8.78 Å². The van der Waals surface area contributed by atoms with Gasteiger partial charge in [0.1, 0.15) is 0 Å². The first-order chi connectivity index (χ1) is 8.90. The summed E-state index contributed by atoms with van der Waals surface area (Å²) in [7, 11) is 3.21. The van der Waals surface area contributed by atoms with E-state index in [1.807, 2.05) is 13.8 Å². The van der Waals surface area contributed by atoms with Gasteiger partial charge in [0.25, 0.3) is 0 Å². The summed E-state index contributed by atoms with van der Waals surface area (Å²) in [4.78, 5) is 3.92. The molecule has 1 fully saturated rings. The zero-order valence-corrected chi connectivity index (χ0v) is 11.6. The van der Waals surface area contributed by atoms with Crippen molar-refractivity contribution in [1.82, 2.24) is 4.98 Å². The summed E-state index contributed by atoms with van der Waals surface area (Å²) in [6, 6.07) is 0.885. The van der Waals surface area contributed by atoms with Gasteiger partial charge in [-0.15, -0.1) is 0 Å². The third-order valence-electron chi connectivity index (χ3n) is 3.94. The maximum absolute atomic E-state index is 13.7. The van der Waals surface area contributed by atoms with E-state index in [2.05, 4.69) is 15.6 Å². The van der Waals surface area contributed by atoms with E-state index in [-0.39, 0.29) is 29.2 Å². The number of methoxy groups -OCH3 is 1. The van der Waals surface area contributed by atoms with Gasteiger partial charge in [-0.3, -0.25) is 0 Å². The molecule has 1 saturated carbocycles. The van der Waals surface area contributed by atoms with E-state index in [1.165, 1.54) is 0 Å². The summed E-state index contributed by atoms with van der Waals surface area (Å²) >= 11 is 0. The average molecular weight is 271 g/mol. The second-order valence-corrected chi connectivity index (χ2v) is 5.38. The number of ether oxygens (including phenoxy) is 1. The highest BCUT2D eigenvalue weighted by Gasteiger charge is 2.48. The lowest BCUT2D eigenvalue weighted by atomic mass is 9.64. The molecule has 0 saturated heterocycles. The standard InChI is InChI=1S/C13H19F2N3O/c1-13(2)9(6-10(13)19-4)17-12-8(15)5-7(14)11(16-3)18-12/h5,9-10H,6H2,1-4H3,(H2,16,17,18). The zero-order valence-electron chi connectivity index (χ0n) is 11.6. The number of nitrogens with one attached hydrogen (secondary N) is 2. The number of halogens is 2. The number of hydrogen-bond acceptors (Lipinski definition) is 4. The first kappa shape index (κ1) is 14.0. The van der Waals surface area contributed by atoms with Gasteiger partial charge < -0.3 is 15.4 Å². The maximum Gasteiger partial charge on any atom is 0.168 e. The van der Waals surface area contributed by atoms with Gasteiger partial charge in [0.15, 0.2) is 23.3 Å². The molecule has 106 valence electrons. The number of nitrogens with zero attached hydrogens (tertiary/aromatic N) is 1. The van der Waals surface area contributed by atoms with E-state index in [0.717, 1.165) is 12.5 Å². The molecule has 1 aliphatic rings. The molecule has 0 radical (unpaired) electrons. The van der Waals surface area contributed by atoms with Crippen molar-refractivity contribution < 1.29 is 13.5 Å². The molecule has 0 spiro atoms. The minimum Gasteiger partial charge on any atom is -0.381 e. The van der Waals surface area contributed by atoms with E-state index < -0.39 is 11.6 Å². The quantitative estimate of drug-likeness (QED) is 0.883. The van der Waals surface area contributed by atoms with E-state index in [4.69, 9.17) is 4.74 Å². The Morgan fingerprint density at radius 2 is 1.95 bits per heavy atom. The predicted octanol–water partition coefficient (Wildman–Crippen LogP) is 2.63. The Morgan fingerprint density at radius 1 is 1.32 bits per heavy atom. The van der Waals surface area contributed by atoms with E-state index in [0.29, 0.717) is 0 Å². The normalized spacial score (nSPS) is 24.7. The Morgan fingerprint density at radius 3 is 2.47 bits per heavy atom. The molecule has 0 aromatic carbocycles. The monoisotopic (exact) mass is 271 g/mol. The molecule has 6 heteroatoms. The molecule has 0 aliphatic heterocycles. The minimum atomic E-state index is -0.701. The van der Waals surface area contributed by atoms with Crippen LogP contribution in [-0.2, 0) is 4.74 Å². The number of pyridine rings is 1. The van der Waals surface area contributed by atoms with Gasteiger partial charge in [0, 0.05) is 31.7 Å². The number of aromatic nitrogens is 1. The highest BCUT2D eigenvalue weighted by Crippen LogP contribution is 2.44. The fourth-order valence-electron chi connectivity index (χ4n) is 2.44. The summed E-state index contributed by atoms with van der Waals surface area (Å²) in [5, 5.41) is 5.63. The number of hydrogen-bond donors (Lipinski definition) is 2. The molecule has 2 rings (SSSR count). The van der Waals surface area contributed by atoms with Crippen LogP contribution in [0.15, 0.2) is 6.07 Å². The van der Waals surface area contributed by atoms with Crippen LogP contribution in [0.4, 0.5) is 20.4 Å². The molecule has 1 heterocycles. The maximum atomic E-state index is 13.7. The van der Waals surface area contributed by atoms with Crippen LogP contribution in [0.25, 0.3) is 0 Å². The second kappa shape index (κ2) is 4.92. The van der Waals surface area contributed by atoms with Crippen molar-refractivity contribution in [2.24, 2.45) is 5.41 Å². The van der Waals surface area contributed by atoms with Crippen LogP contribution in [0, 0.1) is 17.0 Å². The first-order valence-corrected chi connectivity index (χ1v) is 6.23. The van der Waals surface area contributed by atoms with Crippen molar-refractivity contribution in [2.45, 2.75) is 32.4 Å². The van der Waals surface area contributed by atoms with Gasteiger partial charge >= 0.3 is 0 Å². The molecule has 2 atom stereocenters. The summed E-state index contributed by atoms with van der Waals surface area (Å²) in [5.41, 5.74) is -0.114. The van der Waals surface area contributed by atoms with Gasteiger partial charge in [-0.1, -0.05) is 13.8 Å². The smallest absolute Gasteiger partial charge is 0.168 e. The van der Waals surface area contributed by atoms with Crippen molar-refractivity contribution in [1.29, 1.82) is 0 Å². The fraction of sp³-hybridized carbons (Fsp3) is 0.615. The van der Waals surface area contributed by atoms with Crippen molar-refractivity contribution in [2.75, 3.05) is 24.8 Å². The van der Waals surface area contributed by atoms with Crippen LogP contribution in [0.5, 0.6) is 0 Å². The Bertz CT molecular complexity index is 479. The van der Waals surface area contributed by atoms with Crippen LogP contribution in [0.1, 0.15) is 20.3 Å². The second-order valence-electron chi connectivity index (χ2n) is 5.38. The molecule has 0 bridgehead atoms. The lowest BCUT2D eigenvalue weighted by Gasteiger charge is -2.51. The SMILES string of the molecule is CNc1nc(NC2CC(OC)C2(C)C)c(F)cc1F. The Labute approximate surface area is 111 Å². The molecule has 0 amide bonds. The molecule has 1 aliphatic carbocycles. The van der Waals surface area contributed by atoms with E-state index in [1.54, 1.807) is 14.2 Å². The molecule has 2 unspecified atom stereocenters. The zero-order chi connectivity index (χ0) is 14.2. The highest BCUT2D eigenvalue weighted by atomic mass is 19.1. The van der Waals surface area contributed by atoms with Crippen LogP contribution in [0.2, 0.25) is 0 Å². The summed E-state index contributed by atoms with van der Waals surface area (Å²) in [5.74, 6) is -1.29. The molecule has 4 nitrogen and oxygen atoms in total. The van der Waals surface area contributed by atoms with Crippen LogP contribution in [0.3, 0.4) is 0 Å². The molecule has 19 heavy (non-hydrogen) atoms. The first-order valence-electron chi connectivity index (χ1n) is 6.23. The Kier molecular flexibility index (Phi) is 3.62. The average Bonchev–Trinajstić information content (AvgIpc) is 2.36. The van der Waals surface area contributed by atoms with Crippen molar-refractivity contribution >= 4 is 11.6 Å². The summed E-state index contributed by atoms with van der Waals surface area (Å²) in [6.07, 6.45) is 0.911. The number of rotatable bonds is 4. The van der Waals surface area contributed by atoms with Gasteiger partial charge in [-0.05, 0) is 6.42 Å². The predicted molar refractivity (Wildman–Crippen MR) is 70.3 cm³/mol. The molecule has 1 aromatic heterocycles. The third-order valence-corrected chi connectivity index (χ3v) is 3.94. The van der Waals surface area contributed by atoms with Crippen molar-refractivity contribution in [3.63, 3.8) is 0 Å². The largest absolute Gasteiger partial charge is 0.381 e. The van der Waals surface area contributed by atoms with Crippen LogP contribution < -0.4 is 10.6 Å². The molecular weight excluding hydrogens is 252 g/mol. The lowest BCUT2D eigenvalue weighted by Crippen LogP contribution is -2.57. The third kappa shape index (κ3) is 2.36. The molecule has 2 N–H and O–H groups in total. The van der Waals surface area contributed by atoms with Crippen LogP contribution >= 0.6 is 0 Å². The van der Waals surface area contributed by atoms with Gasteiger partial charge in [-0.2, -0.15) is 0 Å². The Balaban J connectivity index is 2.17. The summed E-state index contributed by atoms with van der Waals surface area (Å²) < 4.78 is 32.4. The van der Waals surface area contributed by atoms with Crippen molar-refractivity contribution in [3.8, 4) is 0 Å². The number of anilines is 2. The summed E-state index contributed by atoms with van der Waals surface area (Å²) in [6.45, 7) is 4.09.